The van der Waals surface area contributed by atoms with Crippen LogP contribution in [0.2, 0.25) is 0 Å². The highest BCUT2D eigenvalue weighted by Gasteiger charge is 2.46. The van der Waals surface area contributed by atoms with Crippen LogP contribution < -0.4 is 5.32 Å². The van der Waals surface area contributed by atoms with Gasteiger partial charge in [0.1, 0.15) is 6.04 Å². The first-order chi connectivity index (χ1) is 9.84. The fourth-order valence-electron chi connectivity index (χ4n) is 2.44. The highest BCUT2D eigenvalue weighted by atomic mass is 16.5. The summed E-state index contributed by atoms with van der Waals surface area (Å²) in [5.74, 6) is -0.371. The molecule has 5 heteroatoms. The lowest BCUT2D eigenvalue weighted by Gasteiger charge is -2.29. The normalized spacial score (nSPS) is 22.3. The molecule has 2 rings (SSSR count). The predicted octanol–water partition coefficient (Wildman–Crippen LogP) is 1.89. The zero-order chi connectivity index (χ0) is 15.6. The molecule has 1 aromatic rings. The summed E-state index contributed by atoms with van der Waals surface area (Å²) in [7, 11) is 1.34. The van der Waals surface area contributed by atoms with Crippen molar-refractivity contribution >= 4 is 11.9 Å². The van der Waals surface area contributed by atoms with Gasteiger partial charge in [-0.3, -0.25) is 9.78 Å². The number of rotatable bonds is 4. The maximum atomic E-state index is 12.3. The summed E-state index contributed by atoms with van der Waals surface area (Å²) < 4.78 is 4.79. The Kier molecular flexibility index (Phi) is 4.30. The SMILES string of the molecule is COC(=O)[C@H](NC(=O)[C@@H]1C[C@H]1c1cccnc1)C(C)(C)C. The van der Waals surface area contributed by atoms with Crippen LogP contribution in [0.15, 0.2) is 24.5 Å². The molecule has 1 aliphatic rings. The number of carbonyl (C=O) groups excluding carboxylic acids is 2. The minimum atomic E-state index is -0.634. The fraction of sp³-hybridized carbons (Fsp3) is 0.562. The number of hydrogen-bond donors (Lipinski definition) is 1. The lowest BCUT2D eigenvalue weighted by atomic mass is 9.86. The van der Waals surface area contributed by atoms with Crippen molar-refractivity contribution in [3.63, 3.8) is 0 Å². The van der Waals surface area contributed by atoms with Crippen LogP contribution in [0.25, 0.3) is 0 Å². The number of carbonyl (C=O) groups is 2. The van der Waals surface area contributed by atoms with Gasteiger partial charge < -0.3 is 10.1 Å². The zero-order valence-corrected chi connectivity index (χ0v) is 12.9. The third kappa shape index (κ3) is 3.60. The van der Waals surface area contributed by atoms with Crippen molar-refractivity contribution in [2.24, 2.45) is 11.3 Å². The number of pyridine rings is 1. The smallest absolute Gasteiger partial charge is 0.328 e. The second kappa shape index (κ2) is 5.84. The fourth-order valence-corrected chi connectivity index (χ4v) is 2.44. The van der Waals surface area contributed by atoms with Crippen molar-refractivity contribution in [1.29, 1.82) is 0 Å². The average Bonchev–Trinajstić information content (AvgIpc) is 3.24. The number of nitrogens with one attached hydrogen (secondary N) is 1. The highest BCUT2D eigenvalue weighted by molar-refractivity contribution is 5.88. The van der Waals surface area contributed by atoms with Crippen molar-refractivity contribution in [1.82, 2.24) is 10.3 Å². The molecule has 0 aromatic carbocycles. The van der Waals surface area contributed by atoms with Gasteiger partial charge in [0.05, 0.1) is 7.11 Å². The molecule has 21 heavy (non-hydrogen) atoms. The molecule has 114 valence electrons. The molecule has 0 radical (unpaired) electrons. The molecule has 1 fully saturated rings. The molecule has 0 aliphatic heterocycles. The summed E-state index contributed by atoms with van der Waals surface area (Å²) in [5, 5.41) is 2.84. The minimum Gasteiger partial charge on any atom is -0.467 e. The second-order valence-corrected chi connectivity index (χ2v) is 6.57. The van der Waals surface area contributed by atoms with Crippen LogP contribution in [0.1, 0.15) is 38.7 Å². The van der Waals surface area contributed by atoms with E-state index in [2.05, 4.69) is 10.3 Å². The summed E-state index contributed by atoms with van der Waals surface area (Å²) in [6.45, 7) is 5.71. The van der Waals surface area contributed by atoms with E-state index < -0.39 is 12.0 Å². The van der Waals surface area contributed by atoms with Gasteiger partial charge in [0.15, 0.2) is 0 Å². The number of amides is 1. The largest absolute Gasteiger partial charge is 0.467 e. The van der Waals surface area contributed by atoms with Crippen molar-refractivity contribution in [3.8, 4) is 0 Å². The Morgan fingerprint density at radius 3 is 2.67 bits per heavy atom. The molecule has 1 aromatic heterocycles. The van der Waals surface area contributed by atoms with Gasteiger partial charge in [0.2, 0.25) is 5.91 Å². The van der Waals surface area contributed by atoms with E-state index >= 15 is 0 Å². The predicted molar refractivity (Wildman–Crippen MR) is 78.5 cm³/mol. The van der Waals surface area contributed by atoms with E-state index in [1.165, 1.54) is 7.11 Å². The molecule has 1 saturated carbocycles. The second-order valence-electron chi connectivity index (χ2n) is 6.57. The molecule has 1 amide bonds. The van der Waals surface area contributed by atoms with E-state index in [0.717, 1.165) is 12.0 Å². The van der Waals surface area contributed by atoms with Gasteiger partial charge in [-0.25, -0.2) is 4.79 Å². The molecular weight excluding hydrogens is 268 g/mol. The van der Waals surface area contributed by atoms with Gasteiger partial charge in [0, 0.05) is 18.3 Å². The van der Waals surface area contributed by atoms with Crippen molar-refractivity contribution in [2.45, 2.75) is 39.2 Å². The average molecular weight is 290 g/mol. The summed E-state index contributed by atoms with van der Waals surface area (Å²) >= 11 is 0. The maximum absolute atomic E-state index is 12.3. The van der Waals surface area contributed by atoms with Gasteiger partial charge in [0.25, 0.3) is 0 Å². The first kappa shape index (κ1) is 15.5. The quantitative estimate of drug-likeness (QED) is 0.860. The van der Waals surface area contributed by atoms with Crippen LogP contribution in [0.3, 0.4) is 0 Å². The van der Waals surface area contributed by atoms with Gasteiger partial charge >= 0.3 is 5.97 Å². The highest BCUT2D eigenvalue weighted by Crippen LogP contribution is 2.47. The Hall–Kier alpha value is -1.91. The minimum absolute atomic E-state index is 0.0799. The standard InChI is InChI=1S/C16H22N2O3/c1-16(2,3)13(15(20)21-4)18-14(19)12-8-11(12)10-6-5-7-17-9-10/h5-7,9,11-13H,8H2,1-4H3,(H,18,19)/t11-,12+,13-/m0/s1. The lowest BCUT2D eigenvalue weighted by molar-refractivity contribution is -0.148. The molecule has 0 saturated heterocycles. The Morgan fingerprint density at radius 2 is 2.14 bits per heavy atom. The van der Waals surface area contributed by atoms with Crippen LogP contribution in [0.4, 0.5) is 0 Å². The van der Waals surface area contributed by atoms with Crippen LogP contribution in [-0.2, 0) is 14.3 Å². The molecule has 0 spiro atoms. The summed E-state index contributed by atoms with van der Waals surface area (Å²) in [4.78, 5) is 28.2. The summed E-state index contributed by atoms with van der Waals surface area (Å²) in [6.07, 6.45) is 4.31. The third-order valence-electron chi connectivity index (χ3n) is 3.83. The molecule has 5 nitrogen and oxygen atoms in total. The van der Waals surface area contributed by atoms with Gasteiger partial charge in [-0.2, -0.15) is 0 Å². The van der Waals surface area contributed by atoms with Crippen LogP contribution in [-0.4, -0.2) is 30.0 Å². The lowest BCUT2D eigenvalue weighted by Crippen LogP contribution is -2.50. The van der Waals surface area contributed by atoms with E-state index in [1.807, 2.05) is 32.9 Å². The molecule has 1 heterocycles. The zero-order valence-electron chi connectivity index (χ0n) is 12.9. The Labute approximate surface area is 125 Å². The Morgan fingerprint density at radius 1 is 1.43 bits per heavy atom. The topological polar surface area (TPSA) is 68.3 Å². The monoisotopic (exact) mass is 290 g/mol. The molecule has 0 unspecified atom stereocenters. The van der Waals surface area contributed by atoms with Crippen LogP contribution in [0, 0.1) is 11.3 Å². The first-order valence-electron chi connectivity index (χ1n) is 7.12. The van der Waals surface area contributed by atoms with Crippen LogP contribution >= 0.6 is 0 Å². The van der Waals surface area contributed by atoms with Crippen molar-refractivity contribution in [3.05, 3.63) is 30.1 Å². The van der Waals surface area contributed by atoms with Gasteiger partial charge in [-0.1, -0.05) is 26.8 Å². The van der Waals surface area contributed by atoms with E-state index in [0.29, 0.717) is 0 Å². The molecule has 1 N–H and O–H groups in total. The van der Waals surface area contributed by atoms with E-state index in [1.54, 1.807) is 12.4 Å². The van der Waals surface area contributed by atoms with E-state index in [-0.39, 0.29) is 23.2 Å². The number of ether oxygens (including phenoxy) is 1. The molecule has 0 bridgehead atoms. The van der Waals surface area contributed by atoms with Crippen LogP contribution in [0.5, 0.6) is 0 Å². The third-order valence-corrected chi connectivity index (χ3v) is 3.83. The first-order valence-corrected chi connectivity index (χ1v) is 7.12. The Balaban J connectivity index is 2.00. The number of methoxy groups -OCH3 is 1. The maximum Gasteiger partial charge on any atom is 0.328 e. The van der Waals surface area contributed by atoms with E-state index in [9.17, 15) is 9.59 Å². The summed E-state index contributed by atoms with van der Waals surface area (Å²) in [6, 6.07) is 3.21. The number of esters is 1. The number of hydrogen-bond acceptors (Lipinski definition) is 4. The number of aromatic nitrogens is 1. The van der Waals surface area contributed by atoms with Crippen molar-refractivity contribution < 1.29 is 14.3 Å². The number of nitrogens with zero attached hydrogens (tertiary/aromatic N) is 1. The Bertz CT molecular complexity index is 522. The molecular formula is C16H22N2O3. The van der Waals surface area contributed by atoms with Gasteiger partial charge in [-0.05, 0) is 29.4 Å². The molecule has 3 atom stereocenters. The van der Waals surface area contributed by atoms with Crippen molar-refractivity contribution in [2.75, 3.05) is 7.11 Å². The molecule has 1 aliphatic carbocycles. The van der Waals surface area contributed by atoms with Gasteiger partial charge in [-0.15, -0.1) is 0 Å². The van der Waals surface area contributed by atoms with E-state index in [4.69, 9.17) is 4.74 Å². The summed E-state index contributed by atoms with van der Waals surface area (Å²) in [5.41, 5.74) is 0.685.